The van der Waals surface area contributed by atoms with E-state index in [-0.39, 0.29) is 0 Å². The first-order valence-corrected chi connectivity index (χ1v) is 5.97. The molecule has 1 aromatic heterocycles. The number of rotatable bonds is 6. The zero-order valence-corrected chi connectivity index (χ0v) is 10.1. The lowest BCUT2D eigenvalue weighted by Gasteiger charge is -2.09. The highest BCUT2D eigenvalue weighted by atomic mass is 16.5. The van der Waals surface area contributed by atoms with Crippen molar-refractivity contribution in [2.45, 2.75) is 52.2 Å². The number of aryl methyl sites for hydroxylation is 2. The van der Waals surface area contributed by atoms with E-state index in [0.717, 1.165) is 24.1 Å². The maximum absolute atomic E-state index is 9.13. The van der Waals surface area contributed by atoms with Gasteiger partial charge in [-0.15, -0.1) is 0 Å². The minimum Gasteiger partial charge on any atom is -0.363 e. The number of hydrogen-bond donors (Lipinski definition) is 2. The van der Waals surface area contributed by atoms with E-state index in [1.807, 2.05) is 19.1 Å². The van der Waals surface area contributed by atoms with E-state index in [0.29, 0.717) is 5.69 Å². The van der Waals surface area contributed by atoms with Crippen molar-refractivity contribution in [3.8, 4) is 0 Å². The van der Waals surface area contributed by atoms with Gasteiger partial charge in [-0.2, -0.15) is 0 Å². The highest BCUT2D eigenvalue weighted by Crippen LogP contribution is 2.14. The Kier molecular flexibility index (Phi) is 5.43. The predicted molar refractivity (Wildman–Crippen MR) is 64.0 cm³/mol. The molecule has 0 saturated carbocycles. The Hall–Kier alpha value is -0.930. The van der Waals surface area contributed by atoms with Crippen LogP contribution >= 0.6 is 0 Å². The summed E-state index contributed by atoms with van der Waals surface area (Å²) in [4.78, 5) is 4.27. The van der Waals surface area contributed by atoms with E-state index in [4.69, 9.17) is 10.2 Å². The molecule has 0 aliphatic heterocycles. The van der Waals surface area contributed by atoms with Crippen LogP contribution in [0.1, 0.15) is 55.8 Å². The summed E-state index contributed by atoms with van der Waals surface area (Å²) < 4.78 is 0. The molecule has 0 bridgehead atoms. The molecule has 16 heavy (non-hydrogen) atoms. The van der Waals surface area contributed by atoms with Crippen LogP contribution in [0, 0.1) is 6.92 Å². The van der Waals surface area contributed by atoms with Gasteiger partial charge >= 0.3 is 0 Å². The number of aromatic nitrogens is 1. The van der Waals surface area contributed by atoms with Crippen molar-refractivity contribution in [1.82, 2.24) is 4.98 Å². The van der Waals surface area contributed by atoms with Crippen LogP contribution in [0.4, 0.5) is 0 Å². The summed E-state index contributed by atoms with van der Waals surface area (Å²) in [5.41, 5.74) is 2.16. The summed E-state index contributed by atoms with van der Waals surface area (Å²) in [5, 5.41) is 18.3. The molecule has 1 aromatic rings. The Morgan fingerprint density at radius 3 is 2.56 bits per heavy atom. The lowest BCUT2D eigenvalue weighted by molar-refractivity contribution is -0.0464. The fourth-order valence-corrected chi connectivity index (χ4v) is 1.72. The molecule has 1 rings (SSSR count). The van der Waals surface area contributed by atoms with Crippen LogP contribution in [0.3, 0.4) is 0 Å². The van der Waals surface area contributed by atoms with Gasteiger partial charge in [0, 0.05) is 5.69 Å². The number of nitrogens with zero attached hydrogens (tertiary/aromatic N) is 1. The predicted octanol–water partition coefficient (Wildman–Crippen LogP) is 2.50. The number of hydrogen-bond acceptors (Lipinski definition) is 3. The third kappa shape index (κ3) is 3.91. The number of unbranched alkanes of at least 4 members (excludes halogenated alkanes) is 3. The summed E-state index contributed by atoms with van der Waals surface area (Å²) in [6.07, 6.45) is 4.26. The molecule has 1 heterocycles. The average molecular weight is 223 g/mol. The van der Waals surface area contributed by atoms with Crippen molar-refractivity contribution in [3.63, 3.8) is 0 Å². The van der Waals surface area contributed by atoms with E-state index in [9.17, 15) is 0 Å². The first kappa shape index (κ1) is 13.1. The van der Waals surface area contributed by atoms with E-state index in [1.54, 1.807) is 0 Å². The van der Waals surface area contributed by atoms with E-state index in [1.165, 1.54) is 19.3 Å². The molecule has 0 aliphatic carbocycles. The van der Waals surface area contributed by atoms with E-state index in [2.05, 4.69) is 11.9 Å². The number of pyridine rings is 1. The van der Waals surface area contributed by atoms with Crippen LogP contribution < -0.4 is 0 Å². The maximum atomic E-state index is 9.13. The quantitative estimate of drug-likeness (QED) is 0.575. The Morgan fingerprint density at radius 2 is 1.94 bits per heavy atom. The third-order valence-corrected chi connectivity index (χ3v) is 2.72. The van der Waals surface area contributed by atoms with Crippen LogP contribution in [0.2, 0.25) is 0 Å². The Morgan fingerprint density at radius 1 is 1.19 bits per heavy atom. The van der Waals surface area contributed by atoms with Crippen LogP contribution in [-0.2, 0) is 6.42 Å². The van der Waals surface area contributed by atoms with Crippen LogP contribution in [-0.4, -0.2) is 15.2 Å². The molecule has 0 amide bonds. The van der Waals surface area contributed by atoms with Gasteiger partial charge < -0.3 is 10.2 Å². The smallest absolute Gasteiger partial charge is 0.196 e. The topological polar surface area (TPSA) is 53.4 Å². The molecule has 3 nitrogen and oxygen atoms in total. The lowest BCUT2D eigenvalue weighted by atomic mass is 10.1. The van der Waals surface area contributed by atoms with Crippen molar-refractivity contribution < 1.29 is 10.2 Å². The molecule has 0 fully saturated rings. The monoisotopic (exact) mass is 223 g/mol. The largest absolute Gasteiger partial charge is 0.363 e. The van der Waals surface area contributed by atoms with Crippen molar-refractivity contribution in [1.29, 1.82) is 0 Å². The molecular weight excluding hydrogens is 202 g/mol. The summed E-state index contributed by atoms with van der Waals surface area (Å²) in [6.45, 7) is 4.02. The van der Waals surface area contributed by atoms with Crippen LogP contribution in [0.15, 0.2) is 12.1 Å². The Bertz CT molecular complexity index is 324. The summed E-state index contributed by atoms with van der Waals surface area (Å²) >= 11 is 0. The molecule has 0 atom stereocenters. The molecule has 3 heteroatoms. The summed E-state index contributed by atoms with van der Waals surface area (Å²) in [6, 6.07) is 3.87. The van der Waals surface area contributed by atoms with Gasteiger partial charge in [-0.3, -0.25) is 4.98 Å². The normalized spacial score (nSPS) is 11.1. The summed E-state index contributed by atoms with van der Waals surface area (Å²) in [5.74, 6) is 0. The zero-order valence-electron chi connectivity index (χ0n) is 10.1. The number of aliphatic hydroxyl groups is 2. The Labute approximate surface area is 97.2 Å². The Balaban J connectivity index is 2.57. The van der Waals surface area contributed by atoms with Gasteiger partial charge in [-0.1, -0.05) is 32.3 Å². The van der Waals surface area contributed by atoms with Gasteiger partial charge in [0.15, 0.2) is 6.29 Å². The summed E-state index contributed by atoms with van der Waals surface area (Å²) in [7, 11) is 0. The first-order chi connectivity index (χ1) is 7.65. The van der Waals surface area contributed by atoms with Crippen molar-refractivity contribution in [3.05, 3.63) is 29.1 Å². The minimum absolute atomic E-state index is 0.382. The fraction of sp³-hybridized carbons (Fsp3) is 0.615. The minimum atomic E-state index is -1.46. The van der Waals surface area contributed by atoms with Gasteiger partial charge in [0.05, 0.1) is 5.69 Å². The number of aliphatic hydroxyl groups excluding tert-OH is 1. The molecule has 0 saturated heterocycles. The van der Waals surface area contributed by atoms with Crippen molar-refractivity contribution >= 4 is 0 Å². The third-order valence-electron chi connectivity index (χ3n) is 2.72. The standard InChI is InChI=1S/C13H21NO2/c1-3-4-5-6-7-11-9-8-10(2)12(14-11)13(15)16/h8-9,13,15-16H,3-7H2,1-2H3. The van der Waals surface area contributed by atoms with Gasteiger partial charge in [0.1, 0.15) is 0 Å². The fourth-order valence-electron chi connectivity index (χ4n) is 1.72. The maximum Gasteiger partial charge on any atom is 0.196 e. The van der Waals surface area contributed by atoms with Gasteiger partial charge in [-0.05, 0) is 31.4 Å². The second-order valence-corrected chi connectivity index (χ2v) is 4.19. The van der Waals surface area contributed by atoms with Gasteiger partial charge in [0.2, 0.25) is 0 Å². The first-order valence-electron chi connectivity index (χ1n) is 5.97. The average Bonchev–Trinajstić information content (AvgIpc) is 2.26. The highest BCUT2D eigenvalue weighted by molar-refractivity contribution is 5.22. The van der Waals surface area contributed by atoms with Gasteiger partial charge in [0.25, 0.3) is 0 Å². The molecule has 0 aliphatic rings. The SMILES string of the molecule is CCCCCCc1ccc(C)c(C(O)O)n1. The molecular formula is C13H21NO2. The molecule has 0 radical (unpaired) electrons. The van der Waals surface area contributed by atoms with Crippen LogP contribution in [0.25, 0.3) is 0 Å². The molecule has 90 valence electrons. The van der Waals surface area contributed by atoms with E-state index < -0.39 is 6.29 Å². The lowest BCUT2D eigenvalue weighted by Crippen LogP contribution is -2.04. The molecule has 0 aromatic carbocycles. The second-order valence-electron chi connectivity index (χ2n) is 4.19. The van der Waals surface area contributed by atoms with Crippen molar-refractivity contribution in [2.75, 3.05) is 0 Å². The van der Waals surface area contributed by atoms with Gasteiger partial charge in [-0.25, -0.2) is 0 Å². The zero-order chi connectivity index (χ0) is 12.0. The molecule has 0 unspecified atom stereocenters. The van der Waals surface area contributed by atoms with E-state index >= 15 is 0 Å². The highest BCUT2D eigenvalue weighted by Gasteiger charge is 2.08. The second kappa shape index (κ2) is 6.61. The van der Waals surface area contributed by atoms with Crippen LogP contribution in [0.5, 0.6) is 0 Å². The van der Waals surface area contributed by atoms with Crippen molar-refractivity contribution in [2.24, 2.45) is 0 Å². The molecule has 0 spiro atoms. The molecule has 2 N–H and O–H groups in total.